The molecule has 1 aromatic heterocycles. The number of carbonyl (C=O) groups is 2. The van der Waals surface area contributed by atoms with Crippen LogP contribution in [-0.4, -0.2) is 26.6 Å². The molecule has 1 heterocycles. The molecule has 3 aromatic rings. The Kier molecular flexibility index (Phi) is 3.84. The number of aromatic nitrogens is 3. The molecule has 1 N–H and O–H groups in total. The Morgan fingerprint density at radius 2 is 1.74 bits per heavy atom. The first-order valence-corrected chi connectivity index (χ1v) is 6.72. The van der Waals surface area contributed by atoms with Gasteiger partial charge in [-0.2, -0.15) is 0 Å². The summed E-state index contributed by atoms with van der Waals surface area (Å²) in [4.78, 5) is 23.4. The highest BCUT2D eigenvalue weighted by Gasteiger charge is 2.10. The van der Waals surface area contributed by atoms with Gasteiger partial charge in [0.25, 0.3) is 5.91 Å². The van der Waals surface area contributed by atoms with Gasteiger partial charge in [0.05, 0.1) is 11.7 Å². The molecular formula is C16H11N4O3-. The van der Waals surface area contributed by atoms with Gasteiger partial charge in [-0.25, -0.2) is 0 Å². The second-order valence-electron chi connectivity index (χ2n) is 4.71. The molecule has 7 heteroatoms. The molecule has 0 fully saturated rings. The predicted molar refractivity (Wildman–Crippen MR) is 80.1 cm³/mol. The lowest BCUT2D eigenvalue weighted by atomic mass is 10.1. The first-order valence-electron chi connectivity index (χ1n) is 6.72. The summed E-state index contributed by atoms with van der Waals surface area (Å²) in [5.41, 5.74) is 1.21. The number of aromatic carboxylic acids is 1. The SMILES string of the molecule is O=C(Nc1ccccc1C(=O)[O-])c1cccc(-n2cnnc2)c1. The average Bonchev–Trinajstić information content (AvgIpc) is 3.10. The van der Waals surface area contributed by atoms with Crippen molar-refractivity contribution < 1.29 is 14.7 Å². The highest BCUT2D eigenvalue weighted by atomic mass is 16.4. The third-order valence-electron chi connectivity index (χ3n) is 3.22. The van der Waals surface area contributed by atoms with Gasteiger partial charge in [-0.05, 0) is 24.3 Å². The molecule has 3 rings (SSSR count). The molecule has 0 aliphatic carbocycles. The summed E-state index contributed by atoms with van der Waals surface area (Å²) in [5, 5.41) is 21.1. The molecule has 1 amide bonds. The first-order chi connectivity index (χ1) is 11.1. The van der Waals surface area contributed by atoms with E-state index in [9.17, 15) is 14.7 Å². The fourth-order valence-electron chi connectivity index (χ4n) is 2.11. The summed E-state index contributed by atoms with van der Waals surface area (Å²) in [6, 6.07) is 12.9. The first kappa shape index (κ1) is 14.5. The van der Waals surface area contributed by atoms with Crippen LogP contribution in [0.25, 0.3) is 5.69 Å². The van der Waals surface area contributed by atoms with Crippen LogP contribution < -0.4 is 10.4 Å². The maximum atomic E-state index is 12.3. The highest BCUT2D eigenvalue weighted by Crippen LogP contribution is 2.16. The zero-order valence-electron chi connectivity index (χ0n) is 11.8. The van der Waals surface area contributed by atoms with Crippen molar-refractivity contribution in [1.29, 1.82) is 0 Å². The number of carboxylic acid groups (broad SMARTS) is 1. The molecule has 0 saturated carbocycles. The minimum absolute atomic E-state index is 0.0733. The van der Waals surface area contributed by atoms with Gasteiger partial charge in [0.1, 0.15) is 12.7 Å². The second-order valence-corrected chi connectivity index (χ2v) is 4.71. The molecule has 0 bridgehead atoms. The van der Waals surface area contributed by atoms with Crippen molar-refractivity contribution in [2.75, 3.05) is 5.32 Å². The van der Waals surface area contributed by atoms with Gasteiger partial charge in [0.2, 0.25) is 0 Å². The van der Waals surface area contributed by atoms with Crippen molar-refractivity contribution in [2.45, 2.75) is 0 Å². The van der Waals surface area contributed by atoms with Crippen LogP contribution in [-0.2, 0) is 0 Å². The van der Waals surface area contributed by atoms with E-state index in [1.165, 1.54) is 24.8 Å². The molecule has 2 aromatic carbocycles. The molecule has 114 valence electrons. The fraction of sp³-hybridized carbons (Fsp3) is 0. The smallest absolute Gasteiger partial charge is 0.255 e. The summed E-state index contributed by atoms with van der Waals surface area (Å²) in [7, 11) is 0. The number of rotatable bonds is 4. The Morgan fingerprint density at radius 1 is 1.00 bits per heavy atom. The van der Waals surface area contributed by atoms with Crippen molar-refractivity contribution in [3.8, 4) is 5.69 Å². The van der Waals surface area contributed by atoms with Crippen LogP contribution >= 0.6 is 0 Å². The van der Waals surface area contributed by atoms with Crippen molar-refractivity contribution in [2.24, 2.45) is 0 Å². The second kappa shape index (κ2) is 6.10. The lowest BCUT2D eigenvalue weighted by molar-refractivity contribution is -0.254. The number of nitrogens with zero attached hydrogens (tertiary/aromatic N) is 3. The molecule has 0 saturated heterocycles. The van der Waals surface area contributed by atoms with Gasteiger partial charge < -0.3 is 15.2 Å². The number of carboxylic acids is 1. The van der Waals surface area contributed by atoms with E-state index >= 15 is 0 Å². The number of amides is 1. The van der Waals surface area contributed by atoms with Crippen molar-refractivity contribution in [1.82, 2.24) is 14.8 Å². The topological polar surface area (TPSA) is 99.9 Å². The number of anilines is 1. The minimum atomic E-state index is -1.35. The van der Waals surface area contributed by atoms with Gasteiger partial charge in [0.15, 0.2) is 0 Å². The predicted octanol–water partition coefficient (Wildman–Crippen LogP) is 0.883. The zero-order chi connectivity index (χ0) is 16.2. The van der Waals surface area contributed by atoms with Gasteiger partial charge in [-0.3, -0.25) is 9.36 Å². The van der Waals surface area contributed by atoms with Gasteiger partial charge in [0, 0.05) is 16.8 Å². The summed E-state index contributed by atoms with van der Waals surface area (Å²) in [6.07, 6.45) is 3.03. The minimum Gasteiger partial charge on any atom is -0.545 e. The van der Waals surface area contributed by atoms with Gasteiger partial charge in [-0.1, -0.05) is 24.3 Å². The lowest BCUT2D eigenvalue weighted by Gasteiger charge is -2.12. The van der Waals surface area contributed by atoms with E-state index in [-0.39, 0.29) is 11.3 Å². The summed E-state index contributed by atoms with van der Waals surface area (Å²) in [6.45, 7) is 0. The Morgan fingerprint density at radius 3 is 2.48 bits per heavy atom. The third-order valence-corrected chi connectivity index (χ3v) is 3.22. The summed E-state index contributed by atoms with van der Waals surface area (Å²) in [5.74, 6) is -1.77. The van der Waals surface area contributed by atoms with Crippen LogP contribution in [0.1, 0.15) is 20.7 Å². The number of hydrogen-bond donors (Lipinski definition) is 1. The van der Waals surface area contributed by atoms with Crippen LogP contribution in [0.2, 0.25) is 0 Å². The normalized spacial score (nSPS) is 10.3. The molecule has 0 aliphatic heterocycles. The Hall–Kier alpha value is -3.48. The maximum absolute atomic E-state index is 12.3. The number of benzene rings is 2. The van der Waals surface area contributed by atoms with E-state index in [1.807, 2.05) is 0 Å². The van der Waals surface area contributed by atoms with E-state index in [2.05, 4.69) is 15.5 Å². The van der Waals surface area contributed by atoms with Crippen molar-refractivity contribution >= 4 is 17.6 Å². The van der Waals surface area contributed by atoms with Crippen LogP contribution in [0.3, 0.4) is 0 Å². The largest absolute Gasteiger partial charge is 0.545 e. The standard InChI is InChI=1S/C16H12N4O3/c21-15(19-14-7-2-1-6-13(14)16(22)23)11-4-3-5-12(8-11)20-9-17-18-10-20/h1-10H,(H,19,21)(H,22,23)/p-1. The quantitative estimate of drug-likeness (QED) is 0.771. The third kappa shape index (κ3) is 3.08. The molecular weight excluding hydrogens is 296 g/mol. The molecule has 0 unspecified atom stereocenters. The Labute approximate surface area is 131 Å². The fourth-order valence-corrected chi connectivity index (χ4v) is 2.11. The van der Waals surface area contributed by atoms with E-state index in [0.29, 0.717) is 5.56 Å². The summed E-state index contributed by atoms with van der Waals surface area (Å²) < 4.78 is 1.66. The molecule has 23 heavy (non-hydrogen) atoms. The van der Waals surface area contributed by atoms with E-state index < -0.39 is 11.9 Å². The number of hydrogen-bond acceptors (Lipinski definition) is 5. The highest BCUT2D eigenvalue weighted by molar-refractivity contribution is 6.07. The lowest BCUT2D eigenvalue weighted by Crippen LogP contribution is -2.24. The maximum Gasteiger partial charge on any atom is 0.255 e. The number of carbonyl (C=O) groups excluding carboxylic acids is 2. The zero-order valence-corrected chi connectivity index (χ0v) is 11.8. The van der Waals surface area contributed by atoms with E-state index in [0.717, 1.165) is 5.69 Å². The van der Waals surface area contributed by atoms with E-state index in [4.69, 9.17) is 0 Å². The molecule has 7 nitrogen and oxygen atoms in total. The Balaban J connectivity index is 1.87. The molecule has 0 radical (unpaired) electrons. The van der Waals surface area contributed by atoms with E-state index in [1.54, 1.807) is 41.0 Å². The van der Waals surface area contributed by atoms with Gasteiger partial charge >= 0.3 is 0 Å². The summed E-state index contributed by atoms with van der Waals surface area (Å²) >= 11 is 0. The average molecular weight is 307 g/mol. The van der Waals surface area contributed by atoms with Crippen LogP contribution in [0, 0.1) is 0 Å². The van der Waals surface area contributed by atoms with Crippen LogP contribution in [0.4, 0.5) is 5.69 Å². The van der Waals surface area contributed by atoms with Crippen molar-refractivity contribution in [3.63, 3.8) is 0 Å². The molecule has 0 aliphatic rings. The Bertz CT molecular complexity index is 859. The monoisotopic (exact) mass is 307 g/mol. The molecule has 0 atom stereocenters. The van der Waals surface area contributed by atoms with Crippen LogP contribution in [0.5, 0.6) is 0 Å². The number of para-hydroxylation sites is 1. The number of nitrogens with one attached hydrogen (secondary N) is 1. The molecule has 0 spiro atoms. The van der Waals surface area contributed by atoms with Crippen molar-refractivity contribution in [3.05, 3.63) is 72.3 Å². The van der Waals surface area contributed by atoms with Crippen LogP contribution in [0.15, 0.2) is 61.2 Å². The van der Waals surface area contributed by atoms with Gasteiger partial charge in [-0.15, -0.1) is 10.2 Å².